The number of aryl methyl sites for hydroxylation is 1. The molecule has 0 amide bonds. The van der Waals surface area contributed by atoms with Crippen molar-refractivity contribution in [1.82, 2.24) is 15.1 Å². The van der Waals surface area contributed by atoms with Gasteiger partial charge in [-0.25, -0.2) is 0 Å². The van der Waals surface area contributed by atoms with Gasteiger partial charge < -0.3 is 5.32 Å². The van der Waals surface area contributed by atoms with Gasteiger partial charge in [-0.15, -0.1) is 0 Å². The molecule has 0 spiro atoms. The van der Waals surface area contributed by atoms with Gasteiger partial charge >= 0.3 is 0 Å². The van der Waals surface area contributed by atoms with Crippen LogP contribution in [0, 0.1) is 6.92 Å². The van der Waals surface area contributed by atoms with Crippen molar-refractivity contribution in [3.05, 3.63) is 35.4 Å². The molecule has 3 aliphatic rings. The van der Waals surface area contributed by atoms with Gasteiger partial charge in [-0.1, -0.05) is 36.8 Å². The Bertz CT molecular complexity index is 452. The number of fused-ring (bicyclic) bond motifs is 3. The molecule has 1 aromatic rings. The van der Waals surface area contributed by atoms with Crippen LogP contribution in [-0.2, 0) is 6.42 Å². The normalized spacial score (nSPS) is 29.5. The molecule has 2 atom stereocenters. The number of nitrogens with one attached hydrogen (secondary N) is 1. The fourth-order valence-corrected chi connectivity index (χ4v) is 3.81. The highest BCUT2D eigenvalue weighted by molar-refractivity contribution is 5.23. The van der Waals surface area contributed by atoms with E-state index in [1.54, 1.807) is 0 Å². The van der Waals surface area contributed by atoms with E-state index in [4.69, 9.17) is 0 Å². The van der Waals surface area contributed by atoms with Crippen molar-refractivity contribution in [2.24, 2.45) is 0 Å². The quantitative estimate of drug-likeness (QED) is 0.862. The van der Waals surface area contributed by atoms with Crippen LogP contribution in [0.3, 0.4) is 0 Å². The molecule has 0 saturated carbocycles. The summed E-state index contributed by atoms with van der Waals surface area (Å²) in [4.78, 5) is 5.35. The minimum absolute atomic E-state index is 0.579. The molecule has 2 unspecified atom stereocenters. The largest absolute Gasteiger partial charge is 0.312 e. The van der Waals surface area contributed by atoms with Crippen molar-refractivity contribution in [1.29, 1.82) is 0 Å². The Hall–Kier alpha value is -0.900. The predicted molar refractivity (Wildman–Crippen MR) is 88.8 cm³/mol. The van der Waals surface area contributed by atoms with E-state index < -0.39 is 0 Å². The monoisotopic (exact) mass is 287 g/mol. The molecule has 21 heavy (non-hydrogen) atoms. The van der Waals surface area contributed by atoms with Crippen LogP contribution in [0.25, 0.3) is 0 Å². The van der Waals surface area contributed by atoms with Crippen LogP contribution in [-0.4, -0.2) is 61.2 Å². The van der Waals surface area contributed by atoms with Crippen molar-refractivity contribution in [3.63, 3.8) is 0 Å². The standard InChI is InChI=1S/C18H29N3/c1-3-7-19-17(13-16-6-4-5-15(2)12-16)18-14-20-8-10-21(18)11-9-20/h4-6,12,17-19H,3,7-11,13-14H2,1-2H3. The molecule has 3 aliphatic heterocycles. The van der Waals surface area contributed by atoms with Crippen LogP contribution in [0.5, 0.6) is 0 Å². The molecule has 0 radical (unpaired) electrons. The number of hydrogen-bond donors (Lipinski definition) is 1. The Balaban J connectivity index is 1.71. The number of benzene rings is 1. The number of piperazine rings is 3. The van der Waals surface area contributed by atoms with Crippen LogP contribution in [0.2, 0.25) is 0 Å². The average Bonchev–Trinajstić information content (AvgIpc) is 2.52. The SMILES string of the molecule is CCCNC(Cc1cccc(C)c1)C1CN2CCN1CC2. The first kappa shape index (κ1) is 15.0. The highest BCUT2D eigenvalue weighted by atomic mass is 15.4. The van der Waals surface area contributed by atoms with E-state index in [0.717, 1.165) is 13.0 Å². The van der Waals surface area contributed by atoms with Crippen molar-refractivity contribution >= 4 is 0 Å². The summed E-state index contributed by atoms with van der Waals surface area (Å²) in [5, 5.41) is 3.82. The lowest BCUT2D eigenvalue weighted by molar-refractivity contribution is -0.00309. The molecule has 0 aromatic heterocycles. The second-order valence-electron chi connectivity index (χ2n) is 6.66. The van der Waals surface area contributed by atoms with Crippen LogP contribution in [0.1, 0.15) is 24.5 Å². The van der Waals surface area contributed by atoms with E-state index in [2.05, 4.69) is 53.2 Å². The smallest absolute Gasteiger partial charge is 0.0380 e. The van der Waals surface area contributed by atoms with Gasteiger partial charge in [-0.3, -0.25) is 9.80 Å². The first-order valence-corrected chi connectivity index (χ1v) is 8.51. The van der Waals surface area contributed by atoms with Crippen LogP contribution >= 0.6 is 0 Å². The maximum absolute atomic E-state index is 3.82. The van der Waals surface area contributed by atoms with Crippen LogP contribution in [0.15, 0.2) is 24.3 Å². The summed E-state index contributed by atoms with van der Waals surface area (Å²) in [6.45, 7) is 11.9. The summed E-state index contributed by atoms with van der Waals surface area (Å²) in [6, 6.07) is 10.3. The van der Waals surface area contributed by atoms with Gasteiger partial charge in [0.05, 0.1) is 0 Å². The van der Waals surface area contributed by atoms with Gasteiger partial charge in [-0.2, -0.15) is 0 Å². The molecule has 3 heterocycles. The number of nitrogens with zero attached hydrogens (tertiary/aromatic N) is 2. The van der Waals surface area contributed by atoms with Gasteiger partial charge in [0.25, 0.3) is 0 Å². The van der Waals surface area contributed by atoms with Crippen LogP contribution in [0.4, 0.5) is 0 Å². The van der Waals surface area contributed by atoms with Crippen molar-refractivity contribution < 1.29 is 0 Å². The molecule has 1 N–H and O–H groups in total. The Morgan fingerprint density at radius 2 is 2.05 bits per heavy atom. The Morgan fingerprint density at radius 3 is 2.67 bits per heavy atom. The third-order valence-corrected chi connectivity index (χ3v) is 4.98. The Kier molecular flexibility index (Phi) is 4.94. The second-order valence-corrected chi connectivity index (χ2v) is 6.66. The van der Waals surface area contributed by atoms with Crippen molar-refractivity contribution in [3.8, 4) is 0 Å². The van der Waals surface area contributed by atoms with E-state index in [9.17, 15) is 0 Å². The Morgan fingerprint density at radius 1 is 1.24 bits per heavy atom. The first-order chi connectivity index (χ1) is 10.3. The molecule has 3 saturated heterocycles. The molecule has 116 valence electrons. The molecule has 3 nitrogen and oxygen atoms in total. The zero-order valence-electron chi connectivity index (χ0n) is 13.5. The van der Waals surface area contributed by atoms with Gasteiger partial charge in [-0.05, 0) is 31.9 Å². The molecule has 0 aliphatic carbocycles. The highest BCUT2D eigenvalue weighted by Gasteiger charge is 2.36. The molecule has 2 bridgehead atoms. The fourth-order valence-electron chi connectivity index (χ4n) is 3.81. The summed E-state index contributed by atoms with van der Waals surface area (Å²) in [6.07, 6.45) is 2.36. The highest BCUT2D eigenvalue weighted by Crippen LogP contribution is 2.21. The van der Waals surface area contributed by atoms with E-state index in [1.807, 2.05) is 0 Å². The zero-order valence-corrected chi connectivity index (χ0v) is 13.5. The maximum Gasteiger partial charge on any atom is 0.0380 e. The molecular formula is C18H29N3. The first-order valence-electron chi connectivity index (χ1n) is 8.51. The van der Waals surface area contributed by atoms with Crippen molar-refractivity contribution in [2.75, 3.05) is 39.3 Å². The molecule has 3 fully saturated rings. The third-order valence-electron chi connectivity index (χ3n) is 4.98. The molecular weight excluding hydrogens is 258 g/mol. The lowest BCUT2D eigenvalue weighted by Crippen LogP contribution is -2.66. The van der Waals surface area contributed by atoms with E-state index in [-0.39, 0.29) is 0 Å². The summed E-state index contributed by atoms with van der Waals surface area (Å²) < 4.78 is 0. The zero-order chi connectivity index (χ0) is 14.7. The lowest BCUT2D eigenvalue weighted by atomic mass is 9.93. The summed E-state index contributed by atoms with van der Waals surface area (Å²) >= 11 is 0. The van der Waals surface area contributed by atoms with Gasteiger partial charge in [0.15, 0.2) is 0 Å². The average molecular weight is 287 g/mol. The minimum Gasteiger partial charge on any atom is -0.312 e. The predicted octanol–water partition coefficient (Wildman–Crippen LogP) is 1.91. The molecule has 1 aromatic carbocycles. The van der Waals surface area contributed by atoms with Gasteiger partial charge in [0.2, 0.25) is 0 Å². The third kappa shape index (κ3) is 3.65. The van der Waals surface area contributed by atoms with E-state index >= 15 is 0 Å². The summed E-state index contributed by atoms with van der Waals surface area (Å²) in [5.41, 5.74) is 2.84. The molecule has 3 heteroatoms. The Labute approximate surface area is 129 Å². The number of rotatable bonds is 6. The topological polar surface area (TPSA) is 18.5 Å². The second kappa shape index (κ2) is 6.91. The maximum atomic E-state index is 3.82. The lowest BCUT2D eigenvalue weighted by Gasteiger charge is -2.50. The van der Waals surface area contributed by atoms with Gasteiger partial charge in [0, 0.05) is 44.8 Å². The fraction of sp³-hybridized carbons (Fsp3) is 0.667. The van der Waals surface area contributed by atoms with Crippen LogP contribution < -0.4 is 5.32 Å². The summed E-state index contributed by atoms with van der Waals surface area (Å²) in [5.74, 6) is 0. The summed E-state index contributed by atoms with van der Waals surface area (Å²) in [7, 11) is 0. The van der Waals surface area contributed by atoms with Gasteiger partial charge in [0.1, 0.15) is 0 Å². The number of hydrogen-bond acceptors (Lipinski definition) is 3. The minimum atomic E-state index is 0.579. The van der Waals surface area contributed by atoms with E-state index in [1.165, 1.54) is 50.3 Å². The van der Waals surface area contributed by atoms with E-state index in [0.29, 0.717) is 12.1 Å². The molecule has 4 rings (SSSR count). The van der Waals surface area contributed by atoms with Crippen molar-refractivity contribution in [2.45, 2.75) is 38.8 Å².